The van der Waals surface area contributed by atoms with Gasteiger partial charge in [0.05, 0.1) is 42.1 Å². The number of hydrogen-bond acceptors (Lipinski definition) is 5. The van der Waals surface area contributed by atoms with Crippen LogP contribution in [0.5, 0.6) is 5.75 Å². The number of fused-ring (bicyclic) bond motifs is 3. The molecule has 7 nitrogen and oxygen atoms in total. The molecule has 1 aromatic carbocycles. The SMILES string of the molecule is O=C(Cc1ccc(O)c(Cl)c1)N1CC[C@H]2[C@H](C1)OCc1cnnn12. The van der Waals surface area contributed by atoms with E-state index in [4.69, 9.17) is 16.3 Å². The third-order valence-electron chi connectivity index (χ3n) is 4.65. The van der Waals surface area contributed by atoms with Crippen LogP contribution in [-0.4, -0.2) is 50.1 Å². The minimum absolute atomic E-state index is 0.0212. The fourth-order valence-corrected chi connectivity index (χ4v) is 3.56. The minimum atomic E-state index is -0.0553. The Labute approximate surface area is 143 Å². The predicted octanol–water partition coefficient (Wildman–Crippen LogP) is 1.55. The summed E-state index contributed by atoms with van der Waals surface area (Å²) in [5.41, 5.74) is 1.77. The smallest absolute Gasteiger partial charge is 0.227 e. The van der Waals surface area contributed by atoms with Gasteiger partial charge in [-0.15, -0.1) is 5.10 Å². The third kappa shape index (κ3) is 2.74. The van der Waals surface area contributed by atoms with Gasteiger partial charge in [0.15, 0.2) is 0 Å². The van der Waals surface area contributed by atoms with Gasteiger partial charge < -0.3 is 14.7 Å². The molecule has 1 N–H and O–H groups in total. The number of carbonyl (C=O) groups is 1. The summed E-state index contributed by atoms with van der Waals surface area (Å²) in [6, 6.07) is 4.99. The molecule has 1 aromatic heterocycles. The molecule has 0 aliphatic carbocycles. The Morgan fingerprint density at radius 3 is 3.17 bits per heavy atom. The van der Waals surface area contributed by atoms with E-state index in [-0.39, 0.29) is 35.2 Å². The molecule has 0 saturated carbocycles. The van der Waals surface area contributed by atoms with Crippen LogP contribution in [0.3, 0.4) is 0 Å². The number of nitrogens with zero attached hydrogens (tertiary/aromatic N) is 4. The van der Waals surface area contributed by atoms with Crippen molar-refractivity contribution in [2.45, 2.75) is 31.6 Å². The molecule has 8 heteroatoms. The fourth-order valence-electron chi connectivity index (χ4n) is 3.36. The summed E-state index contributed by atoms with van der Waals surface area (Å²) >= 11 is 5.90. The Balaban J connectivity index is 1.43. The van der Waals surface area contributed by atoms with Crippen LogP contribution in [0.4, 0.5) is 0 Å². The first-order valence-corrected chi connectivity index (χ1v) is 8.25. The number of amides is 1. The van der Waals surface area contributed by atoms with Crippen molar-refractivity contribution in [1.82, 2.24) is 19.9 Å². The molecule has 1 amide bonds. The monoisotopic (exact) mass is 348 g/mol. The van der Waals surface area contributed by atoms with Crippen molar-refractivity contribution in [1.29, 1.82) is 0 Å². The number of aromatic hydroxyl groups is 1. The zero-order valence-corrected chi connectivity index (χ0v) is 13.7. The van der Waals surface area contributed by atoms with Crippen LogP contribution in [-0.2, 0) is 22.6 Å². The van der Waals surface area contributed by atoms with Crippen molar-refractivity contribution >= 4 is 17.5 Å². The Kier molecular flexibility index (Phi) is 3.90. The molecule has 0 bridgehead atoms. The van der Waals surface area contributed by atoms with E-state index in [1.54, 1.807) is 18.3 Å². The summed E-state index contributed by atoms with van der Waals surface area (Å²) in [7, 11) is 0. The van der Waals surface area contributed by atoms with Gasteiger partial charge in [0.25, 0.3) is 0 Å². The first-order valence-electron chi connectivity index (χ1n) is 7.87. The molecule has 1 fully saturated rings. The Morgan fingerprint density at radius 1 is 1.46 bits per heavy atom. The maximum Gasteiger partial charge on any atom is 0.227 e. The standard InChI is InChI=1S/C16H17ClN4O3/c17-12-5-10(1-2-14(12)22)6-16(23)20-4-3-13-15(8-20)24-9-11-7-18-19-21(11)13/h1-2,5,7,13,15,22H,3-4,6,8-9H2/t13-,15-/m0/s1. The molecule has 1 saturated heterocycles. The highest BCUT2D eigenvalue weighted by Crippen LogP contribution is 2.31. The number of phenolic OH excluding ortho intramolecular Hbond substituents is 1. The van der Waals surface area contributed by atoms with Crippen molar-refractivity contribution in [2.24, 2.45) is 0 Å². The molecule has 126 valence electrons. The van der Waals surface area contributed by atoms with E-state index in [1.807, 2.05) is 9.58 Å². The molecule has 2 aliphatic heterocycles. The molecule has 4 rings (SSSR count). The van der Waals surface area contributed by atoms with E-state index in [2.05, 4.69) is 10.3 Å². The van der Waals surface area contributed by atoms with Crippen molar-refractivity contribution in [3.8, 4) is 5.75 Å². The van der Waals surface area contributed by atoms with E-state index < -0.39 is 0 Å². The predicted molar refractivity (Wildman–Crippen MR) is 85.7 cm³/mol. The van der Waals surface area contributed by atoms with Crippen LogP contribution in [0.2, 0.25) is 5.02 Å². The van der Waals surface area contributed by atoms with Crippen molar-refractivity contribution < 1.29 is 14.6 Å². The average Bonchev–Trinajstić information content (AvgIpc) is 3.06. The van der Waals surface area contributed by atoms with Crippen LogP contribution >= 0.6 is 11.6 Å². The van der Waals surface area contributed by atoms with Crippen LogP contribution in [0.25, 0.3) is 0 Å². The number of halogens is 1. The lowest BCUT2D eigenvalue weighted by Gasteiger charge is -2.41. The van der Waals surface area contributed by atoms with Crippen LogP contribution in [0.1, 0.15) is 23.7 Å². The number of piperidine rings is 1. The summed E-state index contributed by atoms with van der Waals surface area (Å²) in [5.74, 6) is 0.0520. The summed E-state index contributed by atoms with van der Waals surface area (Å²) in [4.78, 5) is 14.4. The normalized spacial score (nSPS) is 22.8. The maximum absolute atomic E-state index is 12.6. The van der Waals surface area contributed by atoms with Gasteiger partial charge in [-0.05, 0) is 24.1 Å². The Hall–Kier alpha value is -2.12. The van der Waals surface area contributed by atoms with E-state index in [1.165, 1.54) is 6.07 Å². The maximum atomic E-state index is 12.6. The quantitative estimate of drug-likeness (QED) is 0.890. The lowest BCUT2D eigenvalue weighted by molar-refractivity contribution is -0.138. The van der Waals surface area contributed by atoms with Gasteiger partial charge in [-0.25, -0.2) is 4.68 Å². The molecule has 0 radical (unpaired) electrons. The number of aromatic nitrogens is 3. The van der Waals surface area contributed by atoms with E-state index >= 15 is 0 Å². The summed E-state index contributed by atoms with van der Waals surface area (Å²) in [5, 5.41) is 17.8. The van der Waals surface area contributed by atoms with Gasteiger partial charge in [-0.2, -0.15) is 0 Å². The highest BCUT2D eigenvalue weighted by atomic mass is 35.5. The second kappa shape index (κ2) is 6.07. The Bertz CT molecular complexity index is 778. The number of hydrogen-bond donors (Lipinski definition) is 1. The van der Waals surface area contributed by atoms with Gasteiger partial charge in [0.2, 0.25) is 5.91 Å². The van der Waals surface area contributed by atoms with Gasteiger partial charge >= 0.3 is 0 Å². The summed E-state index contributed by atoms with van der Waals surface area (Å²) in [6.07, 6.45) is 2.72. The van der Waals surface area contributed by atoms with Crippen LogP contribution in [0, 0.1) is 0 Å². The van der Waals surface area contributed by atoms with Crippen molar-refractivity contribution in [3.05, 3.63) is 40.7 Å². The second-order valence-corrected chi connectivity index (χ2v) is 6.58. The molecule has 2 aromatic rings. The first kappa shape index (κ1) is 15.4. The lowest BCUT2D eigenvalue weighted by Crippen LogP contribution is -2.50. The molecular formula is C16H17ClN4O3. The number of likely N-dealkylation sites (tertiary alicyclic amines) is 1. The molecular weight excluding hydrogens is 332 g/mol. The van der Waals surface area contributed by atoms with E-state index in [0.29, 0.717) is 19.7 Å². The number of ether oxygens (including phenoxy) is 1. The second-order valence-electron chi connectivity index (χ2n) is 6.18. The summed E-state index contributed by atoms with van der Waals surface area (Å²) in [6.45, 7) is 1.69. The minimum Gasteiger partial charge on any atom is -0.506 e. The van der Waals surface area contributed by atoms with Crippen LogP contribution in [0.15, 0.2) is 24.4 Å². The summed E-state index contributed by atoms with van der Waals surface area (Å²) < 4.78 is 7.81. The van der Waals surface area contributed by atoms with E-state index in [9.17, 15) is 9.90 Å². The zero-order chi connectivity index (χ0) is 16.7. The molecule has 24 heavy (non-hydrogen) atoms. The lowest BCUT2D eigenvalue weighted by atomic mass is 9.99. The first-order chi connectivity index (χ1) is 11.6. The van der Waals surface area contributed by atoms with Crippen LogP contribution < -0.4 is 0 Å². The van der Waals surface area contributed by atoms with Crippen molar-refractivity contribution in [3.63, 3.8) is 0 Å². The highest BCUT2D eigenvalue weighted by Gasteiger charge is 2.37. The van der Waals surface area contributed by atoms with E-state index in [0.717, 1.165) is 17.7 Å². The number of rotatable bonds is 2. The number of phenols is 1. The Morgan fingerprint density at radius 2 is 2.33 bits per heavy atom. The highest BCUT2D eigenvalue weighted by molar-refractivity contribution is 6.32. The topological polar surface area (TPSA) is 80.5 Å². The zero-order valence-electron chi connectivity index (χ0n) is 12.9. The molecule has 2 aliphatic rings. The largest absolute Gasteiger partial charge is 0.506 e. The average molecular weight is 349 g/mol. The third-order valence-corrected chi connectivity index (χ3v) is 4.96. The van der Waals surface area contributed by atoms with Gasteiger partial charge in [-0.3, -0.25) is 4.79 Å². The van der Waals surface area contributed by atoms with Crippen molar-refractivity contribution in [2.75, 3.05) is 13.1 Å². The molecule has 0 unspecified atom stereocenters. The number of carbonyl (C=O) groups excluding carboxylic acids is 1. The molecule has 0 spiro atoms. The molecule has 3 heterocycles. The number of benzene rings is 1. The molecule has 2 atom stereocenters. The fraction of sp³-hybridized carbons (Fsp3) is 0.438. The van der Waals surface area contributed by atoms with Gasteiger partial charge in [0.1, 0.15) is 5.75 Å². The van der Waals surface area contributed by atoms with Gasteiger partial charge in [-0.1, -0.05) is 22.9 Å². The van der Waals surface area contributed by atoms with Gasteiger partial charge in [0, 0.05) is 13.1 Å².